The highest BCUT2D eigenvalue weighted by molar-refractivity contribution is 14.0. The van der Waals surface area contributed by atoms with Crippen molar-refractivity contribution < 1.29 is 5.11 Å². The number of aryl methyl sites for hydroxylation is 2. The highest BCUT2D eigenvalue weighted by Crippen LogP contribution is 2.13. The van der Waals surface area contributed by atoms with E-state index in [4.69, 9.17) is 0 Å². The van der Waals surface area contributed by atoms with Crippen molar-refractivity contribution >= 4 is 41.3 Å². The molecule has 3 aromatic rings. The van der Waals surface area contributed by atoms with Crippen LogP contribution in [-0.4, -0.2) is 38.9 Å². The number of guanidine groups is 1. The number of aromatic nitrogens is 3. The molecule has 7 nitrogen and oxygen atoms in total. The fourth-order valence-electron chi connectivity index (χ4n) is 2.86. The van der Waals surface area contributed by atoms with Crippen LogP contribution in [0.1, 0.15) is 33.8 Å². The second kappa shape index (κ2) is 12.0. The molecule has 30 heavy (non-hydrogen) atoms. The molecule has 0 saturated carbocycles. The summed E-state index contributed by atoms with van der Waals surface area (Å²) in [4.78, 5) is 5.95. The molecule has 0 fully saturated rings. The molecular formula is C21H29IN6OS. The molecule has 2 aromatic heterocycles. The Morgan fingerprint density at radius 1 is 1.20 bits per heavy atom. The Kier molecular flexibility index (Phi) is 9.73. The fourth-order valence-corrected chi connectivity index (χ4v) is 3.57. The van der Waals surface area contributed by atoms with Crippen LogP contribution < -0.4 is 10.6 Å². The molecule has 0 amide bonds. The SMILES string of the molecule is Cc1cccc(C(O)CNC(=NCc2nnc(C)n2C)NCCc2cccs2)c1.I. The number of aliphatic imine (C=N–C) groups is 1. The lowest BCUT2D eigenvalue weighted by atomic mass is 10.1. The fraction of sp³-hybridized carbons (Fsp3) is 0.381. The average Bonchev–Trinajstić information content (AvgIpc) is 3.34. The van der Waals surface area contributed by atoms with Gasteiger partial charge in [-0.25, -0.2) is 4.99 Å². The first-order chi connectivity index (χ1) is 14.0. The summed E-state index contributed by atoms with van der Waals surface area (Å²) in [6, 6.07) is 12.1. The van der Waals surface area contributed by atoms with E-state index in [2.05, 4.69) is 43.3 Å². The lowest BCUT2D eigenvalue weighted by Gasteiger charge is -2.16. The van der Waals surface area contributed by atoms with Gasteiger partial charge in [-0.3, -0.25) is 0 Å². The summed E-state index contributed by atoms with van der Waals surface area (Å²) < 4.78 is 1.92. The molecule has 0 bridgehead atoms. The molecule has 3 rings (SSSR count). The number of halogens is 1. The Morgan fingerprint density at radius 2 is 2.03 bits per heavy atom. The van der Waals surface area contributed by atoms with E-state index in [1.54, 1.807) is 11.3 Å². The minimum atomic E-state index is -0.615. The third kappa shape index (κ3) is 7.06. The van der Waals surface area contributed by atoms with Gasteiger partial charge in [-0.2, -0.15) is 0 Å². The highest BCUT2D eigenvalue weighted by Gasteiger charge is 2.10. The van der Waals surface area contributed by atoms with Crippen molar-refractivity contribution in [1.29, 1.82) is 0 Å². The summed E-state index contributed by atoms with van der Waals surface area (Å²) in [6.45, 7) is 5.46. The van der Waals surface area contributed by atoms with E-state index in [-0.39, 0.29) is 24.0 Å². The van der Waals surface area contributed by atoms with Crippen LogP contribution in [0.25, 0.3) is 0 Å². The predicted molar refractivity (Wildman–Crippen MR) is 132 cm³/mol. The molecule has 0 radical (unpaired) electrons. The Balaban J connectivity index is 0.00000320. The monoisotopic (exact) mass is 540 g/mol. The number of benzene rings is 1. The van der Waals surface area contributed by atoms with Crippen LogP contribution in [0.3, 0.4) is 0 Å². The van der Waals surface area contributed by atoms with Gasteiger partial charge in [0.15, 0.2) is 11.8 Å². The molecule has 0 spiro atoms. The number of aliphatic hydroxyl groups excluding tert-OH is 1. The van der Waals surface area contributed by atoms with Crippen LogP contribution >= 0.6 is 35.3 Å². The summed E-state index contributed by atoms with van der Waals surface area (Å²) in [7, 11) is 1.93. The Labute approximate surface area is 198 Å². The van der Waals surface area contributed by atoms with E-state index in [9.17, 15) is 5.11 Å². The standard InChI is InChI=1S/C21H28N6OS.HI/c1-15-6-4-7-17(12-15)19(28)13-23-21(22-10-9-18-8-5-11-29-18)24-14-20-26-25-16(2)27(20)3;/h4-8,11-12,19,28H,9-10,13-14H2,1-3H3,(H2,22,23,24);1H. The topological polar surface area (TPSA) is 87.4 Å². The number of aliphatic hydroxyl groups is 1. The second-order valence-corrected chi connectivity index (χ2v) is 7.99. The molecule has 0 saturated heterocycles. The Morgan fingerprint density at radius 3 is 2.70 bits per heavy atom. The van der Waals surface area contributed by atoms with E-state index in [1.165, 1.54) is 4.88 Å². The van der Waals surface area contributed by atoms with Crippen molar-refractivity contribution in [1.82, 2.24) is 25.4 Å². The number of hydrogen-bond acceptors (Lipinski definition) is 5. The van der Waals surface area contributed by atoms with E-state index in [0.29, 0.717) is 19.0 Å². The molecule has 162 valence electrons. The zero-order chi connectivity index (χ0) is 20.6. The third-order valence-corrected chi connectivity index (χ3v) is 5.63. The van der Waals surface area contributed by atoms with Gasteiger partial charge in [0.25, 0.3) is 0 Å². The van der Waals surface area contributed by atoms with E-state index < -0.39 is 6.10 Å². The molecule has 0 aliphatic rings. The van der Waals surface area contributed by atoms with Crippen molar-refractivity contribution in [2.45, 2.75) is 32.9 Å². The number of rotatable bonds is 8. The van der Waals surface area contributed by atoms with Gasteiger partial charge in [0.1, 0.15) is 12.4 Å². The van der Waals surface area contributed by atoms with Crippen molar-refractivity contribution in [2.75, 3.05) is 13.1 Å². The third-order valence-electron chi connectivity index (χ3n) is 4.70. The van der Waals surface area contributed by atoms with Gasteiger partial charge in [-0.05, 0) is 37.3 Å². The van der Waals surface area contributed by atoms with Gasteiger partial charge >= 0.3 is 0 Å². The maximum Gasteiger partial charge on any atom is 0.191 e. The number of nitrogens with zero attached hydrogens (tertiary/aromatic N) is 4. The molecular weight excluding hydrogens is 511 g/mol. The first-order valence-corrected chi connectivity index (χ1v) is 10.5. The lowest BCUT2D eigenvalue weighted by molar-refractivity contribution is 0.181. The minimum Gasteiger partial charge on any atom is -0.387 e. The Hall–Kier alpha value is -1.98. The largest absolute Gasteiger partial charge is 0.387 e. The smallest absolute Gasteiger partial charge is 0.191 e. The molecule has 0 aliphatic carbocycles. The number of nitrogens with one attached hydrogen (secondary N) is 2. The average molecular weight is 540 g/mol. The molecule has 3 N–H and O–H groups in total. The van der Waals surface area contributed by atoms with Crippen molar-refractivity contribution in [3.8, 4) is 0 Å². The van der Waals surface area contributed by atoms with Gasteiger partial charge in [0, 0.05) is 25.0 Å². The van der Waals surface area contributed by atoms with Gasteiger partial charge in [0.05, 0.1) is 6.10 Å². The number of thiophene rings is 1. The first kappa shape index (κ1) is 24.3. The van der Waals surface area contributed by atoms with Crippen molar-refractivity contribution in [3.63, 3.8) is 0 Å². The molecule has 0 aliphatic heterocycles. The van der Waals surface area contributed by atoms with Gasteiger partial charge in [-0.1, -0.05) is 35.9 Å². The van der Waals surface area contributed by atoms with E-state index >= 15 is 0 Å². The van der Waals surface area contributed by atoms with E-state index in [1.807, 2.05) is 49.7 Å². The van der Waals surface area contributed by atoms with Crippen molar-refractivity contribution in [3.05, 3.63) is 69.4 Å². The van der Waals surface area contributed by atoms with Crippen LogP contribution in [0.5, 0.6) is 0 Å². The van der Waals surface area contributed by atoms with E-state index in [0.717, 1.165) is 35.7 Å². The van der Waals surface area contributed by atoms with Crippen molar-refractivity contribution in [2.24, 2.45) is 12.0 Å². The van der Waals surface area contributed by atoms with Crippen LogP contribution in [0.15, 0.2) is 46.8 Å². The summed E-state index contributed by atoms with van der Waals surface area (Å²) in [6.07, 6.45) is 0.304. The lowest BCUT2D eigenvalue weighted by Crippen LogP contribution is -2.40. The molecule has 1 aromatic carbocycles. The van der Waals surface area contributed by atoms with Crippen LogP contribution in [-0.2, 0) is 20.0 Å². The molecule has 2 heterocycles. The predicted octanol–water partition coefficient (Wildman–Crippen LogP) is 3.12. The maximum atomic E-state index is 10.5. The quantitative estimate of drug-likeness (QED) is 0.232. The minimum absolute atomic E-state index is 0. The van der Waals surface area contributed by atoms with Gasteiger partial charge < -0.3 is 20.3 Å². The van der Waals surface area contributed by atoms with Crippen LogP contribution in [0.4, 0.5) is 0 Å². The first-order valence-electron chi connectivity index (χ1n) is 9.67. The zero-order valence-corrected chi connectivity index (χ0v) is 20.6. The van der Waals surface area contributed by atoms with Crippen LogP contribution in [0.2, 0.25) is 0 Å². The Bertz CT molecular complexity index is 941. The summed E-state index contributed by atoms with van der Waals surface area (Å²) in [5.74, 6) is 2.29. The van der Waals surface area contributed by atoms with Gasteiger partial charge in [-0.15, -0.1) is 45.5 Å². The van der Waals surface area contributed by atoms with Crippen LogP contribution in [0, 0.1) is 13.8 Å². The second-order valence-electron chi connectivity index (χ2n) is 6.95. The summed E-state index contributed by atoms with van der Waals surface area (Å²) in [5.41, 5.74) is 2.02. The maximum absolute atomic E-state index is 10.5. The molecule has 9 heteroatoms. The summed E-state index contributed by atoms with van der Waals surface area (Å²) in [5, 5.41) is 27.5. The normalized spacial score (nSPS) is 12.3. The molecule has 1 unspecified atom stereocenters. The van der Waals surface area contributed by atoms with Gasteiger partial charge in [0.2, 0.25) is 0 Å². The zero-order valence-electron chi connectivity index (χ0n) is 17.5. The molecule has 1 atom stereocenters. The summed E-state index contributed by atoms with van der Waals surface area (Å²) >= 11 is 1.74. The highest BCUT2D eigenvalue weighted by atomic mass is 127. The number of hydrogen-bond donors (Lipinski definition) is 3.